The first-order valence-electron chi connectivity index (χ1n) is 9.39. The molecule has 2 aromatic rings. The molecule has 3 rings (SSSR count). The Morgan fingerprint density at radius 1 is 1.08 bits per heavy atom. The van der Waals surface area contributed by atoms with Gasteiger partial charge in [-0.15, -0.1) is 0 Å². The van der Waals surface area contributed by atoms with Crippen LogP contribution >= 0.6 is 11.6 Å². The third-order valence-electron chi connectivity index (χ3n) is 5.57. The van der Waals surface area contributed by atoms with Crippen molar-refractivity contribution >= 4 is 23.2 Å². The number of nitrogens with zero attached hydrogens (tertiary/aromatic N) is 2. The zero-order valence-electron chi connectivity index (χ0n) is 16.1. The Morgan fingerprint density at radius 3 is 2.46 bits per heavy atom. The minimum atomic E-state index is 0.0778. The zero-order chi connectivity index (χ0) is 18.7. The van der Waals surface area contributed by atoms with Crippen LogP contribution in [0.25, 0.3) is 0 Å². The summed E-state index contributed by atoms with van der Waals surface area (Å²) >= 11 is 6.38. The molecule has 140 valence electrons. The van der Waals surface area contributed by atoms with Crippen LogP contribution < -0.4 is 5.32 Å². The monoisotopic (exact) mass is 373 g/mol. The van der Waals surface area contributed by atoms with Gasteiger partial charge < -0.3 is 10.1 Å². The summed E-state index contributed by atoms with van der Waals surface area (Å²) in [5, 5.41) is 3.85. The molecule has 1 fully saturated rings. The van der Waals surface area contributed by atoms with Gasteiger partial charge in [0.15, 0.2) is 0 Å². The topological polar surface area (TPSA) is 47.0 Å². The first-order valence-corrected chi connectivity index (χ1v) is 9.77. The van der Waals surface area contributed by atoms with Crippen LogP contribution in [-0.4, -0.2) is 23.2 Å². The van der Waals surface area contributed by atoms with Crippen LogP contribution in [0.2, 0.25) is 5.15 Å². The SMILES string of the molecule is CC(C)c1ccnc(Nc2cc(C3(C(C)C)CCOCC3)cc(Cl)n2)c1. The molecule has 0 unspecified atom stereocenters. The van der Waals surface area contributed by atoms with Gasteiger partial charge in [0.25, 0.3) is 0 Å². The van der Waals surface area contributed by atoms with Gasteiger partial charge in [0.1, 0.15) is 16.8 Å². The van der Waals surface area contributed by atoms with Crippen LogP contribution in [0.15, 0.2) is 30.5 Å². The predicted molar refractivity (Wildman–Crippen MR) is 107 cm³/mol. The number of aromatic nitrogens is 2. The van der Waals surface area contributed by atoms with Crippen LogP contribution in [0, 0.1) is 5.92 Å². The van der Waals surface area contributed by atoms with Crippen molar-refractivity contribution in [1.29, 1.82) is 0 Å². The van der Waals surface area contributed by atoms with Gasteiger partial charge in [-0.25, -0.2) is 9.97 Å². The fourth-order valence-electron chi connectivity index (χ4n) is 3.79. The van der Waals surface area contributed by atoms with Crippen molar-refractivity contribution in [3.05, 3.63) is 46.7 Å². The van der Waals surface area contributed by atoms with Crippen LogP contribution in [0.3, 0.4) is 0 Å². The van der Waals surface area contributed by atoms with Gasteiger partial charge in [-0.05, 0) is 60.1 Å². The highest BCUT2D eigenvalue weighted by Crippen LogP contribution is 2.42. The van der Waals surface area contributed by atoms with Gasteiger partial charge >= 0.3 is 0 Å². The highest BCUT2D eigenvalue weighted by molar-refractivity contribution is 6.29. The lowest BCUT2D eigenvalue weighted by molar-refractivity contribution is 0.0321. The standard InChI is InChI=1S/C21H28ClN3O/c1-14(2)16-5-8-23-19(11-16)25-20-13-17(12-18(22)24-20)21(15(3)4)6-9-26-10-7-21/h5,8,11-15H,6-7,9-10H2,1-4H3,(H,23,24,25). The molecule has 26 heavy (non-hydrogen) atoms. The van der Waals surface area contributed by atoms with E-state index in [9.17, 15) is 0 Å². The van der Waals surface area contributed by atoms with Crippen molar-refractivity contribution in [3.63, 3.8) is 0 Å². The molecule has 0 amide bonds. The molecule has 0 aromatic carbocycles. The molecule has 1 aliphatic rings. The van der Waals surface area contributed by atoms with E-state index in [-0.39, 0.29) is 5.41 Å². The average molecular weight is 374 g/mol. The van der Waals surface area contributed by atoms with E-state index < -0.39 is 0 Å². The largest absolute Gasteiger partial charge is 0.381 e. The fourth-order valence-corrected chi connectivity index (χ4v) is 4.00. The van der Waals surface area contributed by atoms with E-state index in [0.717, 1.165) is 37.7 Å². The quantitative estimate of drug-likeness (QED) is 0.682. The molecule has 0 atom stereocenters. The van der Waals surface area contributed by atoms with Gasteiger partial charge in [-0.1, -0.05) is 39.3 Å². The Balaban J connectivity index is 1.94. The summed E-state index contributed by atoms with van der Waals surface area (Å²) in [6, 6.07) is 8.25. The summed E-state index contributed by atoms with van der Waals surface area (Å²) in [5.41, 5.74) is 2.56. The third-order valence-corrected chi connectivity index (χ3v) is 5.76. The number of ether oxygens (including phenoxy) is 1. The number of rotatable bonds is 5. The van der Waals surface area contributed by atoms with E-state index >= 15 is 0 Å². The van der Waals surface area contributed by atoms with E-state index in [4.69, 9.17) is 16.3 Å². The number of hydrogen-bond acceptors (Lipinski definition) is 4. The molecule has 0 spiro atoms. The summed E-state index contributed by atoms with van der Waals surface area (Å²) in [6.07, 6.45) is 3.84. The predicted octanol–water partition coefficient (Wildman–Crippen LogP) is 5.70. The lowest BCUT2D eigenvalue weighted by Crippen LogP contribution is -2.38. The van der Waals surface area contributed by atoms with E-state index in [2.05, 4.69) is 55.1 Å². The van der Waals surface area contributed by atoms with Crippen LogP contribution in [-0.2, 0) is 10.2 Å². The third kappa shape index (κ3) is 4.02. The van der Waals surface area contributed by atoms with E-state index in [1.807, 2.05) is 18.3 Å². The highest BCUT2D eigenvalue weighted by atomic mass is 35.5. The van der Waals surface area contributed by atoms with Gasteiger partial charge in [0.05, 0.1) is 0 Å². The fraction of sp³-hybridized carbons (Fsp3) is 0.524. The smallest absolute Gasteiger partial charge is 0.133 e. The maximum Gasteiger partial charge on any atom is 0.133 e. The van der Waals surface area contributed by atoms with E-state index in [1.165, 1.54) is 11.1 Å². The molecule has 3 heterocycles. The second-order valence-corrected chi connectivity index (χ2v) is 8.13. The van der Waals surface area contributed by atoms with Crippen molar-refractivity contribution in [3.8, 4) is 0 Å². The minimum absolute atomic E-state index is 0.0778. The van der Waals surface area contributed by atoms with Crippen LogP contribution in [0.1, 0.15) is 57.6 Å². The summed E-state index contributed by atoms with van der Waals surface area (Å²) in [6.45, 7) is 10.5. The van der Waals surface area contributed by atoms with Gasteiger partial charge in [-0.2, -0.15) is 0 Å². The maximum atomic E-state index is 6.38. The molecular formula is C21H28ClN3O. The number of halogens is 1. The van der Waals surface area contributed by atoms with Crippen molar-refractivity contribution in [2.75, 3.05) is 18.5 Å². The Kier molecular flexibility index (Phi) is 5.83. The molecule has 1 aliphatic heterocycles. The highest BCUT2D eigenvalue weighted by Gasteiger charge is 2.38. The first-order chi connectivity index (χ1) is 12.4. The number of pyridine rings is 2. The average Bonchev–Trinajstić information content (AvgIpc) is 2.62. The molecule has 0 aliphatic carbocycles. The molecule has 4 nitrogen and oxygen atoms in total. The maximum absolute atomic E-state index is 6.38. The number of nitrogens with one attached hydrogen (secondary N) is 1. The Bertz CT molecular complexity index is 755. The van der Waals surface area contributed by atoms with E-state index in [0.29, 0.717) is 17.0 Å². The van der Waals surface area contributed by atoms with Crippen molar-refractivity contribution in [1.82, 2.24) is 9.97 Å². The Morgan fingerprint density at radius 2 is 1.81 bits per heavy atom. The van der Waals surface area contributed by atoms with Gasteiger partial charge in [-0.3, -0.25) is 0 Å². The first kappa shape index (κ1) is 19.1. The lowest BCUT2D eigenvalue weighted by atomic mass is 9.67. The molecule has 0 saturated carbocycles. The second kappa shape index (κ2) is 7.93. The normalized spacial score (nSPS) is 16.9. The molecular weight excluding hydrogens is 346 g/mol. The summed E-state index contributed by atoms with van der Waals surface area (Å²) in [5.74, 6) is 2.49. The summed E-state index contributed by atoms with van der Waals surface area (Å²) in [7, 11) is 0. The van der Waals surface area contributed by atoms with Crippen LogP contribution in [0.5, 0.6) is 0 Å². The molecule has 1 saturated heterocycles. The molecule has 2 aromatic heterocycles. The van der Waals surface area contributed by atoms with Gasteiger partial charge in [0, 0.05) is 24.8 Å². The van der Waals surface area contributed by atoms with Crippen molar-refractivity contribution in [2.24, 2.45) is 5.92 Å². The molecule has 0 radical (unpaired) electrons. The second-order valence-electron chi connectivity index (χ2n) is 7.74. The van der Waals surface area contributed by atoms with Gasteiger partial charge in [0.2, 0.25) is 0 Å². The summed E-state index contributed by atoms with van der Waals surface area (Å²) < 4.78 is 5.61. The number of hydrogen-bond donors (Lipinski definition) is 1. The molecule has 5 heteroatoms. The minimum Gasteiger partial charge on any atom is -0.381 e. The van der Waals surface area contributed by atoms with Crippen LogP contribution in [0.4, 0.5) is 11.6 Å². The lowest BCUT2D eigenvalue weighted by Gasteiger charge is -2.41. The Hall–Kier alpha value is -1.65. The van der Waals surface area contributed by atoms with Crippen molar-refractivity contribution < 1.29 is 4.74 Å². The molecule has 0 bridgehead atoms. The molecule has 1 N–H and O–H groups in total. The summed E-state index contributed by atoms with van der Waals surface area (Å²) in [4.78, 5) is 8.90. The Labute approximate surface area is 161 Å². The van der Waals surface area contributed by atoms with Crippen molar-refractivity contribution in [2.45, 2.75) is 51.9 Å². The van der Waals surface area contributed by atoms with E-state index in [1.54, 1.807) is 0 Å². The zero-order valence-corrected chi connectivity index (χ0v) is 16.8. The number of anilines is 2.